The molecule has 1 aromatic carbocycles. The second-order valence-corrected chi connectivity index (χ2v) is 5.52. The van der Waals surface area contributed by atoms with E-state index in [1.165, 1.54) is 0 Å². The molecule has 1 unspecified atom stereocenters. The van der Waals surface area contributed by atoms with E-state index < -0.39 is 0 Å². The second-order valence-electron chi connectivity index (χ2n) is 5.52. The number of urea groups is 1. The Balaban J connectivity index is 1.67. The van der Waals surface area contributed by atoms with E-state index in [-0.39, 0.29) is 12.1 Å². The number of anilines is 1. The van der Waals surface area contributed by atoms with Crippen molar-refractivity contribution in [1.29, 1.82) is 0 Å². The van der Waals surface area contributed by atoms with Crippen molar-refractivity contribution in [2.24, 2.45) is 5.92 Å². The monoisotopic (exact) mass is 301 g/mol. The molecule has 1 aliphatic rings. The highest BCUT2D eigenvalue weighted by Gasteiger charge is 2.33. The number of aromatic nitrogens is 1. The lowest BCUT2D eigenvalue weighted by molar-refractivity contribution is 0.246. The smallest absolute Gasteiger partial charge is 0.322 e. The zero-order chi connectivity index (χ0) is 15.5. The van der Waals surface area contributed by atoms with E-state index in [4.69, 9.17) is 9.26 Å². The lowest BCUT2D eigenvalue weighted by Crippen LogP contribution is -2.33. The van der Waals surface area contributed by atoms with Crippen molar-refractivity contribution in [3.8, 4) is 5.75 Å². The average molecular weight is 301 g/mol. The molecule has 6 heteroatoms. The van der Waals surface area contributed by atoms with Crippen LogP contribution in [0.4, 0.5) is 10.7 Å². The molecule has 0 spiro atoms. The Morgan fingerprint density at radius 1 is 1.36 bits per heavy atom. The molecular formula is C16H19N3O3. The number of benzene rings is 1. The van der Waals surface area contributed by atoms with Crippen molar-refractivity contribution in [1.82, 2.24) is 10.5 Å². The summed E-state index contributed by atoms with van der Waals surface area (Å²) in [6.45, 7) is 1.80. The van der Waals surface area contributed by atoms with Crippen LogP contribution in [0.3, 0.4) is 0 Å². The van der Waals surface area contributed by atoms with Crippen molar-refractivity contribution in [3.05, 3.63) is 41.6 Å². The highest BCUT2D eigenvalue weighted by molar-refractivity contribution is 5.88. The van der Waals surface area contributed by atoms with E-state index in [9.17, 15) is 4.79 Å². The SMILES string of the molecule is COc1ccc(C(NC(=O)Nc2cc(C)no2)C2CC2)cc1. The number of methoxy groups -OCH3 is 1. The summed E-state index contributed by atoms with van der Waals surface area (Å²) >= 11 is 0. The van der Waals surface area contributed by atoms with E-state index in [2.05, 4.69) is 15.8 Å². The van der Waals surface area contributed by atoms with Gasteiger partial charge in [0.1, 0.15) is 5.75 Å². The Hall–Kier alpha value is -2.50. The van der Waals surface area contributed by atoms with Gasteiger partial charge in [-0.25, -0.2) is 4.79 Å². The fraction of sp³-hybridized carbons (Fsp3) is 0.375. The number of rotatable bonds is 5. The van der Waals surface area contributed by atoms with Crippen molar-refractivity contribution in [2.75, 3.05) is 12.4 Å². The van der Waals surface area contributed by atoms with Crippen LogP contribution in [0.15, 0.2) is 34.9 Å². The zero-order valence-corrected chi connectivity index (χ0v) is 12.6. The number of carbonyl (C=O) groups is 1. The van der Waals surface area contributed by atoms with E-state index in [1.807, 2.05) is 24.3 Å². The van der Waals surface area contributed by atoms with Gasteiger partial charge >= 0.3 is 6.03 Å². The van der Waals surface area contributed by atoms with Gasteiger partial charge in [-0.2, -0.15) is 0 Å². The van der Waals surface area contributed by atoms with Crippen LogP contribution in [0.5, 0.6) is 5.75 Å². The number of carbonyl (C=O) groups excluding carboxylic acids is 1. The quantitative estimate of drug-likeness (QED) is 0.888. The van der Waals surface area contributed by atoms with Crippen molar-refractivity contribution < 1.29 is 14.1 Å². The molecule has 1 aliphatic carbocycles. The van der Waals surface area contributed by atoms with Gasteiger partial charge in [-0.3, -0.25) is 5.32 Å². The fourth-order valence-electron chi connectivity index (χ4n) is 2.43. The molecular weight excluding hydrogens is 282 g/mol. The van der Waals surface area contributed by atoms with Gasteiger partial charge in [0.15, 0.2) is 0 Å². The first-order valence-electron chi connectivity index (χ1n) is 7.30. The molecule has 2 amide bonds. The summed E-state index contributed by atoms with van der Waals surface area (Å²) in [4.78, 5) is 12.1. The molecule has 0 radical (unpaired) electrons. The Morgan fingerprint density at radius 3 is 2.64 bits per heavy atom. The van der Waals surface area contributed by atoms with E-state index in [1.54, 1.807) is 20.1 Å². The van der Waals surface area contributed by atoms with Crippen LogP contribution in [0.1, 0.15) is 30.1 Å². The molecule has 2 aromatic rings. The zero-order valence-electron chi connectivity index (χ0n) is 12.6. The molecule has 6 nitrogen and oxygen atoms in total. The van der Waals surface area contributed by atoms with Gasteiger partial charge in [0.2, 0.25) is 5.88 Å². The molecule has 1 saturated carbocycles. The molecule has 0 aliphatic heterocycles. The molecule has 1 fully saturated rings. The average Bonchev–Trinajstić information content (AvgIpc) is 3.28. The summed E-state index contributed by atoms with van der Waals surface area (Å²) in [5, 5.41) is 9.42. The van der Waals surface area contributed by atoms with E-state index in [0.717, 1.165) is 29.8 Å². The first-order valence-corrected chi connectivity index (χ1v) is 7.30. The number of ether oxygens (including phenoxy) is 1. The Bertz CT molecular complexity index is 647. The highest BCUT2D eigenvalue weighted by Crippen LogP contribution is 2.41. The summed E-state index contributed by atoms with van der Waals surface area (Å²) in [6, 6.07) is 9.17. The summed E-state index contributed by atoms with van der Waals surface area (Å²) < 4.78 is 10.2. The summed E-state index contributed by atoms with van der Waals surface area (Å²) in [5.41, 5.74) is 1.80. The van der Waals surface area contributed by atoms with Gasteiger partial charge in [-0.1, -0.05) is 17.3 Å². The first-order chi connectivity index (χ1) is 10.7. The number of nitrogens with one attached hydrogen (secondary N) is 2. The van der Waals surface area contributed by atoms with Crippen molar-refractivity contribution >= 4 is 11.9 Å². The number of amides is 2. The maximum Gasteiger partial charge on any atom is 0.322 e. The minimum Gasteiger partial charge on any atom is -0.497 e. The topological polar surface area (TPSA) is 76.4 Å². The molecule has 2 N–H and O–H groups in total. The maximum atomic E-state index is 12.1. The normalized spacial score (nSPS) is 15.2. The summed E-state index contributed by atoms with van der Waals surface area (Å²) in [5.74, 6) is 1.63. The predicted molar refractivity (Wildman–Crippen MR) is 81.9 cm³/mol. The van der Waals surface area contributed by atoms with Crippen LogP contribution in [-0.4, -0.2) is 18.3 Å². The first kappa shape index (κ1) is 14.4. The minimum absolute atomic E-state index is 0.00470. The van der Waals surface area contributed by atoms with Crippen LogP contribution in [0.25, 0.3) is 0 Å². The van der Waals surface area contributed by atoms with Crippen molar-refractivity contribution in [2.45, 2.75) is 25.8 Å². The van der Waals surface area contributed by atoms with Gasteiger partial charge in [0.25, 0.3) is 0 Å². The number of hydrogen-bond acceptors (Lipinski definition) is 4. The summed E-state index contributed by atoms with van der Waals surface area (Å²) in [6.07, 6.45) is 2.25. The predicted octanol–water partition coefficient (Wildman–Crippen LogP) is 3.26. The van der Waals surface area contributed by atoms with Crippen LogP contribution < -0.4 is 15.4 Å². The number of nitrogens with zero attached hydrogens (tertiary/aromatic N) is 1. The molecule has 1 heterocycles. The van der Waals surface area contributed by atoms with E-state index >= 15 is 0 Å². The third-order valence-electron chi connectivity index (χ3n) is 3.72. The summed E-state index contributed by atoms with van der Waals surface area (Å²) in [7, 11) is 1.64. The van der Waals surface area contributed by atoms with Crippen LogP contribution in [0, 0.1) is 12.8 Å². The largest absolute Gasteiger partial charge is 0.497 e. The lowest BCUT2D eigenvalue weighted by atomic mass is 10.0. The molecule has 0 saturated heterocycles. The Labute approximate surface area is 128 Å². The highest BCUT2D eigenvalue weighted by atomic mass is 16.5. The molecule has 0 bridgehead atoms. The van der Waals surface area contributed by atoms with Gasteiger partial charge in [0.05, 0.1) is 18.8 Å². The third kappa shape index (κ3) is 3.39. The number of hydrogen-bond donors (Lipinski definition) is 2. The van der Waals surface area contributed by atoms with E-state index in [0.29, 0.717) is 11.8 Å². The van der Waals surface area contributed by atoms with Gasteiger partial charge < -0.3 is 14.6 Å². The Kier molecular flexibility index (Phi) is 4.00. The van der Waals surface area contributed by atoms with Gasteiger partial charge in [-0.15, -0.1) is 0 Å². The molecule has 1 aromatic heterocycles. The number of aryl methyl sites for hydroxylation is 1. The molecule has 1 atom stereocenters. The van der Waals surface area contributed by atoms with Crippen LogP contribution >= 0.6 is 0 Å². The standard InChI is InChI=1S/C16H19N3O3/c1-10-9-14(22-19-10)17-16(20)18-15(11-3-4-11)12-5-7-13(21-2)8-6-12/h5-9,11,15H,3-4H2,1-2H3,(H2,17,18,20). The molecule has 116 valence electrons. The lowest BCUT2D eigenvalue weighted by Gasteiger charge is -2.19. The van der Waals surface area contributed by atoms with Crippen LogP contribution in [-0.2, 0) is 0 Å². The van der Waals surface area contributed by atoms with Gasteiger partial charge in [-0.05, 0) is 43.4 Å². The Morgan fingerprint density at radius 2 is 2.09 bits per heavy atom. The fourth-order valence-corrected chi connectivity index (χ4v) is 2.43. The minimum atomic E-state index is -0.288. The second kappa shape index (κ2) is 6.09. The van der Waals surface area contributed by atoms with Crippen LogP contribution in [0.2, 0.25) is 0 Å². The van der Waals surface area contributed by atoms with Gasteiger partial charge in [0, 0.05) is 6.07 Å². The molecule has 22 heavy (non-hydrogen) atoms. The maximum absolute atomic E-state index is 12.1. The van der Waals surface area contributed by atoms with Crippen molar-refractivity contribution in [3.63, 3.8) is 0 Å². The third-order valence-corrected chi connectivity index (χ3v) is 3.72. The molecule has 3 rings (SSSR count).